The highest BCUT2D eigenvalue weighted by Gasteiger charge is 2.47. The lowest BCUT2D eigenvalue weighted by atomic mass is 9.93. The summed E-state index contributed by atoms with van der Waals surface area (Å²) in [6.45, 7) is 1.77. The van der Waals surface area contributed by atoms with E-state index in [-0.39, 0.29) is 42.5 Å². The smallest absolute Gasteiger partial charge is 0.255 e. The second-order valence-electron chi connectivity index (χ2n) is 7.30. The van der Waals surface area contributed by atoms with Crippen LogP contribution in [0.3, 0.4) is 0 Å². The zero-order valence-corrected chi connectivity index (χ0v) is 17.8. The summed E-state index contributed by atoms with van der Waals surface area (Å²) in [6, 6.07) is 10.6. The molecule has 2 aromatic rings. The maximum Gasteiger partial charge on any atom is 0.255 e. The number of benzene rings is 2. The van der Waals surface area contributed by atoms with Crippen LogP contribution in [0.5, 0.6) is 5.75 Å². The fourth-order valence-electron chi connectivity index (χ4n) is 3.57. The number of hydrogen-bond donors (Lipinski definition) is 1. The third-order valence-electron chi connectivity index (χ3n) is 5.26. The molecule has 0 radical (unpaired) electrons. The van der Waals surface area contributed by atoms with Gasteiger partial charge in [0.05, 0.1) is 17.6 Å². The zero-order valence-electron chi connectivity index (χ0n) is 16.2. The van der Waals surface area contributed by atoms with Gasteiger partial charge in [-0.1, -0.05) is 23.7 Å². The highest BCUT2D eigenvalue weighted by atomic mass is 35.5. The summed E-state index contributed by atoms with van der Waals surface area (Å²) in [6.07, 6.45) is 0.102. The molecule has 0 aromatic heterocycles. The summed E-state index contributed by atoms with van der Waals surface area (Å²) in [5.74, 6) is -0.0240. The van der Waals surface area contributed by atoms with Crippen LogP contribution in [0.1, 0.15) is 41.6 Å². The lowest BCUT2D eigenvalue weighted by Gasteiger charge is -2.34. The first-order valence-electron chi connectivity index (χ1n) is 9.31. The first-order valence-corrected chi connectivity index (χ1v) is 11.2. The first kappa shape index (κ1) is 21.6. The molecule has 0 atom stereocenters. The summed E-state index contributed by atoms with van der Waals surface area (Å²) in [5.41, 5.74) is 1.08. The molecule has 0 saturated heterocycles. The lowest BCUT2D eigenvalue weighted by molar-refractivity contribution is 0.0903. The molecule has 1 aliphatic carbocycles. The van der Waals surface area contributed by atoms with Crippen molar-refractivity contribution in [1.82, 2.24) is 5.32 Å². The Bertz CT molecular complexity index is 1020. The van der Waals surface area contributed by atoms with E-state index in [0.717, 1.165) is 5.56 Å². The van der Waals surface area contributed by atoms with Crippen molar-refractivity contribution >= 4 is 27.3 Å². The van der Waals surface area contributed by atoms with Crippen molar-refractivity contribution in [3.05, 3.63) is 58.6 Å². The summed E-state index contributed by atoms with van der Waals surface area (Å²) in [7, 11) is -2.68. The predicted molar refractivity (Wildman–Crippen MR) is 110 cm³/mol. The SMILES string of the molecule is COc1cc(Cl)ccc1C(=O)NC1CCC(F)(S(=O)(=O)c2cccc(C)c2)CC1. The fourth-order valence-corrected chi connectivity index (χ4v) is 5.53. The highest BCUT2D eigenvalue weighted by Crippen LogP contribution is 2.40. The predicted octanol–water partition coefficient (Wildman–Crippen LogP) is 4.47. The Kier molecular flexibility index (Phi) is 6.19. The van der Waals surface area contributed by atoms with Crippen molar-refractivity contribution in [2.75, 3.05) is 7.11 Å². The molecular weight excluding hydrogens is 417 g/mol. The van der Waals surface area contributed by atoms with Crippen LogP contribution in [0.25, 0.3) is 0 Å². The molecule has 0 unspecified atom stereocenters. The third kappa shape index (κ3) is 4.41. The molecule has 0 aliphatic heterocycles. The van der Waals surface area contributed by atoms with Crippen molar-refractivity contribution in [1.29, 1.82) is 0 Å². The minimum absolute atomic E-state index is 0.00612. The van der Waals surface area contributed by atoms with Crippen LogP contribution in [0.2, 0.25) is 5.02 Å². The van der Waals surface area contributed by atoms with Gasteiger partial charge in [0, 0.05) is 11.1 Å². The van der Waals surface area contributed by atoms with E-state index < -0.39 is 14.8 Å². The topological polar surface area (TPSA) is 72.5 Å². The molecule has 0 spiro atoms. The first-order chi connectivity index (χ1) is 13.7. The Morgan fingerprint density at radius 3 is 2.52 bits per heavy atom. The molecule has 3 rings (SSSR count). The largest absolute Gasteiger partial charge is 0.496 e. The summed E-state index contributed by atoms with van der Waals surface area (Å²) in [5, 5.41) is 0.955. The van der Waals surface area contributed by atoms with Gasteiger partial charge >= 0.3 is 0 Å². The number of nitrogens with one attached hydrogen (secondary N) is 1. The Balaban J connectivity index is 1.69. The molecule has 1 saturated carbocycles. The number of halogens is 2. The quantitative estimate of drug-likeness (QED) is 0.746. The third-order valence-corrected chi connectivity index (χ3v) is 7.74. The molecule has 29 heavy (non-hydrogen) atoms. The van der Waals surface area contributed by atoms with Crippen LogP contribution in [0.4, 0.5) is 4.39 Å². The molecular formula is C21H23ClFNO4S. The second-order valence-corrected chi connectivity index (χ2v) is 9.94. The van der Waals surface area contributed by atoms with Gasteiger partial charge in [-0.2, -0.15) is 0 Å². The van der Waals surface area contributed by atoms with E-state index >= 15 is 4.39 Å². The normalized spacial score (nSPS) is 22.1. The summed E-state index contributed by atoms with van der Waals surface area (Å²) in [4.78, 5) is 12.6. The van der Waals surface area contributed by atoms with E-state index in [1.165, 1.54) is 19.2 Å². The molecule has 0 bridgehead atoms. The van der Waals surface area contributed by atoms with Gasteiger partial charge < -0.3 is 10.1 Å². The number of rotatable bonds is 5. The van der Waals surface area contributed by atoms with Crippen LogP contribution in [0.15, 0.2) is 47.4 Å². The van der Waals surface area contributed by atoms with Crippen molar-refractivity contribution < 1.29 is 22.3 Å². The Morgan fingerprint density at radius 2 is 1.90 bits per heavy atom. The monoisotopic (exact) mass is 439 g/mol. The standard InChI is InChI=1S/C21H23ClFNO4S/c1-14-4-3-5-17(12-14)29(26,27)21(23)10-8-16(9-11-21)24-20(25)18-7-6-15(22)13-19(18)28-2/h3-7,12-13,16H,8-11H2,1-2H3,(H,24,25). The lowest BCUT2D eigenvalue weighted by Crippen LogP contribution is -2.45. The number of hydrogen-bond acceptors (Lipinski definition) is 4. The Labute approximate surface area is 175 Å². The minimum atomic E-state index is -4.12. The molecule has 1 amide bonds. The van der Waals surface area contributed by atoms with Gasteiger partial charge in [0.2, 0.25) is 14.8 Å². The summed E-state index contributed by atoms with van der Waals surface area (Å²) >= 11 is 5.92. The van der Waals surface area contributed by atoms with Crippen LogP contribution in [-0.4, -0.2) is 32.5 Å². The van der Waals surface area contributed by atoms with Gasteiger partial charge in [0.1, 0.15) is 5.75 Å². The van der Waals surface area contributed by atoms with E-state index in [1.54, 1.807) is 37.3 Å². The number of methoxy groups -OCH3 is 1. The number of sulfone groups is 1. The second kappa shape index (κ2) is 8.32. The summed E-state index contributed by atoms with van der Waals surface area (Å²) < 4.78 is 46.3. The van der Waals surface area contributed by atoms with Crippen LogP contribution < -0.4 is 10.1 Å². The molecule has 1 N–H and O–H groups in total. The Hall–Kier alpha value is -2.12. The number of amides is 1. The van der Waals surface area contributed by atoms with Gasteiger partial charge in [-0.3, -0.25) is 4.79 Å². The molecule has 1 fully saturated rings. The minimum Gasteiger partial charge on any atom is -0.496 e. The Morgan fingerprint density at radius 1 is 1.21 bits per heavy atom. The maximum atomic E-state index is 15.4. The molecule has 156 valence electrons. The maximum absolute atomic E-state index is 15.4. The molecule has 8 heteroatoms. The van der Waals surface area contributed by atoms with Crippen molar-refractivity contribution in [2.24, 2.45) is 0 Å². The van der Waals surface area contributed by atoms with Crippen LogP contribution in [0, 0.1) is 6.92 Å². The van der Waals surface area contributed by atoms with Gasteiger partial charge in [0.25, 0.3) is 5.91 Å². The average Bonchev–Trinajstić information content (AvgIpc) is 2.69. The number of aryl methyl sites for hydroxylation is 1. The van der Waals surface area contributed by atoms with Gasteiger partial charge in [-0.05, 0) is 68.5 Å². The van der Waals surface area contributed by atoms with Gasteiger partial charge in [-0.25, -0.2) is 12.8 Å². The number of carbonyl (C=O) groups is 1. The van der Waals surface area contributed by atoms with Crippen LogP contribution >= 0.6 is 11.6 Å². The van der Waals surface area contributed by atoms with E-state index in [4.69, 9.17) is 16.3 Å². The van der Waals surface area contributed by atoms with Crippen molar-refractivity contribution in [2.45, 2.75) is 48.5 Å². The fraction of sp³-hybridized carbons (Fsp3) is 0.381. The molecule has 2 aromatic carbocycles. The van der Waals surface area contributed by atoms with Gasteiger partial charge in [0.15, 0.2) is 0 Å². The number of alkyl halides is 1. The van der Waals surface area contributed by atoms with E-state index in [0.29, 0.717) is 16.3 Å². The molecule has 0 heterocycles. The molecule has 5 nitrogen and oxygen atoms in total. The average molecular weight is 440 g/mol. The van der Waals surface area contributed by atoms with E-state index in [9.17, 15) is 13.2 Å². The van der Waals surface area contributed by atoms with E-state index in [2.05, 4.69) is 5.32 Å². The van der Waals surface area contributed by atoms with E-state index in [1.807, 2.05) is 0 Å². The molecule has 1 aliphatic rings. The zero-order chi connectivity index (χ0) is 21.2. The highest BCUT2D eigenvalue weighted by molar-refractivity contribution is 7.92. The number of carbonyl (C=O) groups excluding carboxylic acids is 1. The van der Waals surface area contributed by atoms with Crippen molar-refractivity contribution in [3.63, 3.8) is 0 Å². The van der Waals surface area contributed by atoms with Crippen molar-refractivity contribution in [3.8, 4) is 5.75 Å². The van der Waals surface area contributed by atoms with Gasteiger partial charge in [-0.15, -0.1) is 0 Å². The van der Waals surface area contributed by atoms with Crippen LogP contribution in [-0.2, 0) is 9.84 Å². The number of ether oxygens (including phenoxy) is 1.